The summed E-state index contributed by atoms with van der Waals surface area (Å²) in [6, 6.07) is 0. The number of carbonyl (C=O) groups is 2. The molecule has 6 nitrogen and oxygen atoms in total. The third kappa shape index (κ3) is 10.9. The van der Waals surface area contributed by atoms with Gasteiger partial charge < -0.3 is 14.4 Å². The van der Waals surface area contributed by atoms with Gasteiger partial charge in [0.2, 0.25) is 7.37 Å². The highest BCUT2D eigenvalue weighted by atomic mass is 31.2. The Kier molecular flexibility index (Phi) is 9.77. The van der Waals surface area contributed by atoms with Gasteiger partial charge in [-0.2, -0.15) is 0 Å². The highest BCUT2D eigenvalue weighted by Gasteiger charge is 2.22. The van der Waals surface area contributed by atoms with E-state index >= 15 is 0 Å². The van der Waals surface area contributed by atoms with E-state index in [1.165, 1.54) is 0 Å². The molecule has 0 fully saturated rings. The first-order chi connectivity index (χ1) is 10.5. The predicted molar refractivity (Wildman–Crippen MR) is 89.5 cm³/mol. The molecule has 2 atom stereocenters. The third-order valence-corrected chi connectivity index (χ3v) is 5.23. The molecular formula is C16H27O6P. The van der Waals surface area contributed by atoms with Gasteiger partial charge in [-0.3, -0.25) is 4.57 Å². The van der Waals surface area contributed by atoms with Crippen LogP contribution in [0.1, 0.15) is 33.6 Å². The average molecular weight is 346 g/mol. The monoisotopic (exact) mass is 346 g/mol. The van der Waals surface area contributed by atoms with Gasteiger partial charge in [0.1, 0.15) is 0 Å². The second kappa shape index (κ2) is 10.4. The first-order valence-corrected chi connectivity index (χ1v) is 9.54. The minimum absolute atomic E-state index is 0.0540. The molecule has 0 aromatic heterocycles. The van der Waals surface area contributed by atoms with Crippen LogP contribution in [0.3, 0.4) is 0 Å². The van der Waals surface area contributed by atoms with Crippen LogP contribution in [0.5, 0.6) is 0 Å². The molecule has 0 aromatic rings. The van der Waals surface area contributed by atoms with E-state index in [1.54, 1.807) is 13.8 Å². The summed E-state index contributed by atoms with van der Waals surface area (Å²) in [4.78, 5) is 32.3. The van der Waals surface area contributed by atoms with Crippen molar-refractivity contribution in [3.63, 3.8) is 0 Å². The molecule has 0 rings (SSSR count). The Bertz CT molecular complexity index is 497. The summed E-state index contributed by atoms with van der Waals surface area (Å²) in [6.45, 7) is 12.2. The zero-order valence-electron chi connectivity index (χ0n) is 14.2. The van der Waals surface area contributed by atoms with E-state index in [4.69, 9.17) is 9.47 Å². The standard InChI is InChI=1S/C16H27O6P/c1-12(2)15(17)21-8-6-10-23(19,20)11-14(5)7-9-22-16(18)13(3)4/h14H,1,3,6-11H2,2,4-5H3,(H,19,20). The van der Waals surface area contributed by atoms with Crippen molar-refractivity contribution in [1.82, 2.24) is 0 Å². The van der Waals surface area contributed by atoms with Gasteiger partial charge in [-0.25, -0.2) is 9.59 Å². The summed E-state index contributed by atoms with van der Waals surface area (Å²) in [5.74, 6) is -1.00. The van der Waals surface area contributed by atoms with Crippen molar-refractivity contribution in [2.45, 2.75) is 33.6 Å². The van der Waals surface area contributed by atoms with E-state index in [2.05, 4.69) is 13.2 Å². The Labute approximate surface area is 138 Å². The van der Waals surface area contributed by atoms with Crippen molar-refractivity contribution < 1.29 is 28.5 Å². The molecule has 0 bridgehead atoms. The minimum Gasteiger partial charge on any atom is -0.462 e. The van der Waals surface area contributed by atoms with Crippen molar-refractivity contribution in [3.05, 3.63) is 24.3 Å². The summed E-state index contributed by atoms with van der Waals surface area (Å²) >= 11 is 0. The lowest BCUT2D eigenvalue weighted by Gasteiger charge is -2.17. The number of hydrogen-bond donors (Lipinski definition) is 1. The summed E-state index contributed by atoms with van der Waals surface area (Å²) in [5, 5.41) is 0. The minimum atomic E-state index is -3.29. The Balaban J connectivity index is 3.99. The van der Waals surface area contributed by atoms with Crippen molar-refractivity contribution in [1.29, 1.82) is 0 Å². The normalized spacial score (nSPS) is 14.4. The van der Waals surface area contributed by atoms with Gasteiger partial charge in [0.05, 0.1) is 13.2 Å². The highest BCUT2D eigenvalue weighted by molar-refractivity contribution is 7.57. The number of ether oxygens (including phenoxy) is 2. The number of esters is 2. The smallest absolute Gasteiger partial charge is 0.333 e. The van der Waals surface area contributed by atoms with Gasteiger partial charge >= 0.3 is 11.9 Å². The van der Waals surface area contributed by atoms with Crippen LogP contribution in [0.25, 0.3) is 0 Å². The molecule has 7 heteroatoms. The van der Waals surface area contributed by atoms with E-state index in [-0.39, 0.29) is 31.5 Å². The molecule has 0 aliphatic heterocycles. The van der Waals surface area contributed by atoms with Crippen LogP contribution in [0.2, 0.25) is 0 Å². The van der Waals surface area contributed by atoms with Gasteiger partial charge in [0.25, 0.3) is 0 Å². The predicted octanol–water partition coefficient (Wildman–Crippen LogP) is 2.91. The fraction of sp³-hybridized carbons (Fsp3) is 0.625. The number of hydrogen-bond acceptors (Lipinski definition) is 5. The fourth-order valence-electron chi connectivity index (χ4n) is 1.75. The molecule has 0 heterocycles. The van der Waals surface area contributed by atoms with Crippen molar-refractivity contribution in [2.75, 3.05) is 25.5 Å². The van der Waals surface area contributed by atoms with Crippen molar-refractivity contribution in [3.8, 4) is 0 Å². The van der Waals surface area contributed by atoms with Crippen LogP contribution in [-0.2, 0) is 23.6 Å². The second-order valence-corrected chi connectivity index (χ2v) is 8.34. The molecule has 2 unspecified atom stereocenters. The fourth-order valence-corrected chi connectivity index (χ4v) is 3.71. The molecule has 0 saturated carbocycles. The van der Waals surface area contributed by atoms with Gasteiger partial charge in [0, 0.05) is 23.5 Å². The molecule has 0 radical (unpaired) electrons. The molecule has 0 saturated heterocycles. The number of carbonyl (C=O) groups excluding carboxylic acids is 2. The SMILES string of the molecule is C=C(C)C(=O)OCCCP(=O)(O)CC(C)CCOC(=O)C(=C)C. The highest BCUT2D eigenvalue weighted by Crippen LogP contribution is 2.43. The maximum Gasteiger partial charge on any atom is 0.333 e. The maximum absolute atomic E-state index is 12.1. The van der Waals surface area contributed by atoms with Crippen LogP contribution >= 0.6 is 7.37 Å². The summed E-state index contributed by atoms with van der Waals surface area (Å²) < 4.78 is 21.9. The molecule has 0 aliphatic rings. The van der Waals surface area contributed by atoms with Crippen molar-refractivity contribution in [2.24, 2.45) is 5.92 Å². The van der Waals surface area contributed by atoms with E-state index < -0.39 is 19.3 Å². The molecule has 132 valence electrons. The molecule has 0 aliphatic carbocycles. The third-order valence-electron chi connectivity index (χ3n) is 3.02. The molecule has 0 amide bonds. The second-order valence-electron chi connectivity index (χ2n) is 5.83. The van der Waals surface area contributed by atoms with Gasteiger partial charge in [0.15, 0.2) is 0 Å². The van der Waals surface area contributed by atoms with E-state index in [9.17, 15) is 19.0 Å². The van der Waals surface area contributed by atoms with Gasteiger partial charge in [-0.05, 0) is 32.6 Å². The lowest BCUT2D eigenvalue weighted by Crippen LogP contribution is -2.13. The Morgan fingerprint density at radius 1 is 1.09 bits per heavy atom. The van der Waals surface area contributed by atoms with Crippen LogP contribution < -0.4 is 0 Å². The lowest BCUT2D eigenvalue weighted by molar-refractivity contribution is -0.140. The first-order valence-electron chi connectivity index (χ1n) is 7.51. The van der Waals surface area contributed by atoms with E-state index in [1.807, 2.05) is 6.92 Å². The van der Waals surface area contributed by atoms with Crippen molar-refractivity contribution >= 4 is 19.3 Å². The van der Waals surface area contributed by atoms with Crippen LogP contribution in [0.15, 0.2) is 24.3 Å². The van der Waals surface area contributed by atoms with E-state index in [0.29, 0.717) is 24.0 Å². The zero-order valence-corrected chi connectivity index (χ0v) is 15.1. The molecule has 23 heavy (non-hydrogen) atoms. The van der Waals surface area contributed by atoms with Gasteiger partial charge in [-0.1, -0.05) is 20.1 Å². The quantitative estimate of drug-likeness (QED) is 0.268. The summed E-state index contributed by atoms with van der Waals surface area (Å²) in [6.07, 6.45) is 1.07. The summed E-state index contributed by atoms with van der Waals surface area (Å²) in [7, 11) is -3.29. The first kappa shape index (κ1) is 21.6. The number of rotatable bonds is 11. The largest absolute Gasteiger partial charge is 0.462 e. The Hall–Kier alpha value is -1.39. The molecule has 1 N–H and O–H groups in total. The summed E-state index contributed by atoms with van der Waals surface area (Å²) in [5.41, 5.74) is 0.630. The molecular weight excluding hydrogens is 319 g/mol. The lowest BCUT2D eigenvalue weighted by atomic mass is 10.1. The topological polar surface area (TPSA) is 89.9 Å². The van der Waals surface area contributed by atoms with Crippen LogP contribution in [0.4, 0.5) is 0 Å². The zero-order chi connectivity index (χ0) is 18.0. The Morgan fingerprint density at radius 3 is 2.04 bits per heavy atom. The van der Waals surface area contributed by atoms with Crippen LogP contribution in [0, 0.1) is 5.92 Å². The van der Waals surface area contributed by atoms with Crippen LogP contribution in [-0.4, -0.2) is 42.4 Å². The average Bonchev–Trinajstić information content (AvgIpc) is 2.42. The molecule has 0 spiro atoms. The Morgan fingerprint density at radius 2 is 1.57 bits per heavy atom. The molecule has 0 aromatic carbocycles. The van der Waals surface area contributed by atoms with E-state index in [0.717, 1.165) is 0 Å². The maximum atomic E-state index is 12.1. The van der Waals surface area contributed by atoms with Gasteiger partial charge in [-0.15, -0.1) is 0 Å².